The Kier molecular flexibility index (Phi) is 3.28. The Labute approximate surface area is 132 Å². The summed E-state index contributed by atoms with van der Waals surface area (Å²) < 4.78 is 5.60. The maximum atomic E-state index is 12.3. The SMILES string of the molecule is Cc1c(C(=O)NN2CC(=O)NC2=O)oc2c1C(=O)CC(C)(C)C2. The molecule has 0 radical (unpaired) electrons. The Bertz CT molecular complexity index is 747. The van der Waals surface area contributed by atoms with Crippen LogP contribution in [0.1, 0.15) is 52.5 Å². The molecule has 0 saturated carbocycles. The molecule has 1 aliphatic carbocycles. The highest BCUT2D eigenvalue weighted by Crippen LogP contribution is 2.38. The van der Waals surface area contributed by atoms with Crippen molar-refractivity contribution in [1.82, 2.24) is 15.8 Å². The average Bonchev–Trinajstić information content (AvgIpc) is 2.88. The van der Waals surface area contributed by atoms with Crippen LogP contribution in [0.3, 0.4) is 0 Å². The van der Waals surface area contributed by atoms with Gasteiger partial charge in [-0.05, 0) is 12.3 Å². The van der Waals surface area contributed by atoms with Gasteiger partial charge in [0, 0.05) is 18.4 Å². The summed E-state index contributed by atoms with van der Waals surface area (Å²) in [6, 6.07) is -0.700. The summed E-state index contributed by atoms with van der Waals surface area (Å²) in [4.78, 5) is 47.2. The molecule has 1 aromatic rings. The second kappa shape index (κ2) is 4.94. The Morgan fingerprint density at radius 2 is 1.96 bits per heavy atom. The topological polar surface area (TPSA) is 109 Å². The molecule has 0 bridgehead atoms. The zero-order valence-electron chi connectivity index (χ0n) is 13.1. The number of carbonyl (C=O) groups is 4. The fourth-order valence-electron chi connectivity index (χ4n) is 3.00. The van der Waals surface area contributed by atoms with Crippen LogP contribution in [0.4, 0.5) is 4.79 Å². The van der Waals surface area contributed by atoms with Crippen LogP contribution in [0.5, 0.6) is 0 Å². The molecule has 4 amide bonds. The van der Waals surface area contributed by atoms with Crippen LogP contribution >= 0.6 is 0 Å². The van der Waals surface area contributed by atoms with Crippen molar-refractivity contribution in [2.24, 2.45) is 5.41 Å². The molecule has 0 spiro atoms. The minimum Gasteiger partial charge on any atom is -0.455 e. The first kappa shape index (κ1) is 15.3. The smallest absolute Gasteiger partial charge is 0.343 e. The first-order chi connectivity index (χ1) is 10.7. The number of nitrogens with one attached hydrogen (secondary N) is 2. The van der Waals surface area contributed by atoms with E-state index in [0.29, 0.717) is 29.7 Å². The van der Waals surface area contributed by atoms with Crippen molar-refractivity contribution in [3.8, 4) is 0 Å². The molecule has 122 valence electrons. The van der Waals surface area contributed by atoms with Crippen molar-refractivity contribution in [3.05, 3.63) is 22.6 Å². The molecule has 2 heterocycles. The van der Waals surface area contributed by atoms with Crippen molar-refractivity contribution in [1.29, 1.82) is 0 Å². The van der Waals surface area contributed by atoms with E-state index in [2.05, 4.69) is 10.7 Å². The van der Waals surface area contributed by atoms with E-state index in [-0.39, 0.29) is 23.5 Å². The number of Topliss-reactive ketones (excluding diaryl/α,β-unsaturated/α-hetero) is 1. The summed E-state index contributed by atoms with van der Waals surface area (Å²) in [5, 5.41) is 2.93. The van der Waals surface area contributed by atoms with Gasteiger partial charge in [0.1, 0.15) is 12.3 Å². The third kappa shape index (κ3) is 2.60. The molecule has 1 fully saturated rings. The van der Waals surface area contributed by atoms with Crippen molar-refractivity contribution in [3.63, 3.8) is 0 Å². The van der Waals surface area contributed by atoms with Crippen molar-refractivity contribution in [2.45, 2.75) is 33.6 Å². The van der Waals surface area contributed by atoms with Gasteiger partial charge < -0.3 is 4.42 Å². The van der Waals surface area contributed by atoms with Gasteiger partial charge in [-0.2, -0.15) is 0 Å². The molecule has 0 unspecified atom stereocenters. The monoisotopic (exact) mass is 319 g/mol. The predicted molar refractivity (Wildman–Crippen MR) is 77.6 cm³/mol. The molecule has 0 atom stereocenters. The van der Waals surface area contributed by atoms with E-state index in [1.54, 1.807) is 6.92 Å². The van der Waals surface area contributed by atoms with Crippen LogP contribution in [-0.4, -0.2) is 35.2 Å². The third-order valence-corrected chi connectivity index (χ3v) is 4.01. The van der Waals surface area contributed by atoms with Crippen molar-refractivity contribution in [2.75, 3.05) is 6.54 Å². The number of urea groups is 1. The Morgan fingerprint density at radius 3 is 2.57 bits per heavy atom. The molecule has 1 aliphatic heterocycles. The van der Waals surface area contributed by atoms with Gasteiger partial charge in [0.2, 0.25) is 5.91 Å². The molecule has 2 aliphatic rings. The number of nitrogens with zero attached hydrogens (tertiary/aromatic N) is 1. The molecule has 0 aromatic carbocycles. The summed E-state index contributed by atoms with van der Waals surface area (Å²) in [7, 11) is 0. The van der Waals surface area contributed by atoms with Gasteiger partial charge in [-0.25, -0.2) is 9.80 Å². The van der Waals surface area contributed by atoms with Gasteiger partial charge in [0.25, 0.3) is 0 Å². The number of hydrogen-bond donors (Lipinski definition) is 2. The zero-order valence-corrected chi connectivity index (χ0v) is 13.1. The van der Waals surface area contributed by atoms with Crippen LogP contribution in [0.25, 0.3) is 0 Å². The van der Waals surface area contributed by atoms with E-state index < -0.39 is 17.8 Å². The number of imide groups is 1. The quantitative estimate of drug-likeness (QED) is 0.789. The third-order valence-electron chi connectivity index (χ3n) is 4.01. The molecule has 8 heteroatoms. The number of amides is 4. The number of rotatable bonds is 2. The lowest BCUT2D eigenvalue weighted by molar-refractivity contribution is -0.118. The molecule has 3 rings (SSSR count). The number of carbonyl (C=O) groups excluding carboxylic acids is 4. The van der Waals surface area contributed by atoms with E-state index in [1.807, 2.05) is 13.8 Å². The van der Waals surface area contributed by atoms with Crippen LogP contribution in [-0.2, 0) is 11.2 Å². The first-order valence-electron chi connectivity index (χ1n) is 7.26. The minimum absolute atomic E-state index is 0.00630. The van der Waals surface area contributed by atoms with Crippen LogP contribution in [0.2, 0.25) is 0 Å². The number of ketones is 1. The zero-order chi connectivity index (χ0) is 16.9. The molecule has 8 nitrogen and oxygen atoms in total. The van der Waals surface area contributed by atoms with Crippen molar-refractivity contribution < 1.29 is 23.6 Å². The van der Waals surface area contributed by atoms with Gasteiger partial charge in [0.05, 0.1) is 5.56 Å². The molecule has 1 saturated heterocycles. The largest absolute Gasteiger partial charge is 0.455 e. The maximum absolute atomic E-state index is 12.3. The van der Waals surface area contributed by atoms with E-state index in [0.717, 1.165) is 5.01 Å². The van der Waals surface area contributed by atoms with E-state index in [1.165, 1.54) is 0 Å². The van der Waals surface area contributed by atoms with Crippen LogP contribution in [0.15, 0.2) is 4.42 Å². The summed E-state index contributed by atoms with van der Waals surface area (Å²) >= 11 is 0. The van der Waals surface area contributed by atoms with Crippen molar-refractivity contribution >= 4 is 23.6 Å². The van der Waals surface area contributed by atoms with Gasteiger partial charge >= 0.3 is 11.9 Å². The lowest BCUT2D eigenvalue weighted by atomic mass is 9.76. The molecule has 1 aromatic heterocycles. The highest BCUT2D eigenvalue weighted by Gasteiger charge is 2.38. The van der Waals surface area contributed by atoms with Gasteiger partial charge in [-0.3, -0.25) is 25.1 Å². The number of hydrazine groups is 1. The van der Waals surface area contributed by atoms with Gasteiger partial charge in [-0.1, -0.05) is 13.8 Å². The van der Waals surface area contributed by atoms with E-state index >= 15 is 0 Å². The number of furan rings is 1. The Hall–Kier alpha value is -2.64. The standard InChI is InChI=1S/C15H17N3O5/c1-7-11-8(19)4-15(2,3)5-9(11)23-12(7)13(21)17-18-6-10(20)16-14(18)22/h4-6H2,1-3H3,(H,17,21)(H,16,20,22). The van der Waals surface area contributed by atoms with Crippen LogP contribution in [0, 0.1) is 12.3 Å². The molecule has 2 N–H and O–H groups in total. The molecule has 23 heavy (non-hydrogen) atoms. The van der Waals surface area contributed by atoms with Gasteiger partial charge in [0.15, 0.2) is 11.5 Å². The fourth-order valence-corrected chi connectivity index (χ4v) is 3.00. The summed E-state index contributed by atoms with van der Waals surface area (Å²) in [6.45, 7) is 5.32. The second-order valence-corrected chi connectivity index (χ2v) is 6.68. The summed E-state index contributed by atoms with van der Waals surface area (Å²) in [5.41, 5.74) is 3.02. The Balaban J connectivity index is 1.87. The molecular formula is C15H17N3O5. The maximum Gasteiger partial charge on any atom is 0.343 e. The number of fused-ring (bicyclic) bond motifs is 1. The highest BCUT2D eigenvalue weighted by atomic mass is 16.4. The lowest BCUT2D eigenvalue weighted by Gasteiger charge is -2.27. The van der Waals surface area contributed by atoms with E-state index in [9.17, 15) is 19.2 Å². The number of hydrogen-bond acceptors (Lipinski definition) is 5. The average molecular weight is 319 g/mol. The first-order valence-corrected chi connectivity index (χ1v) is 7.26. The summed E-state index contributed by atoms with van der Waals surface area (Å²) in [5.74, 6) is -0.718. The van der Waals surface area contributed by atoms with Gasteiger partial charge in [-0.15, -0.1) is 0 Å². The minimum atomic E-state index is -0.700. The second-order valence-electron chi connectivity index (χ2n) is 6.68. The predicted octanol–water partition coefficient (Wildman–Crippen LogP) is 0.940. The van der Waals surface area contributed by atoms with E-state index in [4.69, 9.17) is 4.42 Å². The molecular weight excluding hydrogens is 302 g/mol. The van der Waals surface area contributed by atoms with Crippen LogP contribution < -0.4 is 10.7 Å². The highest BCUT2D eigenvalue weighted by molar-refractivity contribution is 6.06. The summed E-state index contributed by atoms with van der Waals surface area (Å²) in [6.07, 6.45) is 0.954. The fraction of sp³-hybridized carbons (Fsp3) is 0.467. The normalized spacial score (nSPS) is 19.6. The Morgan fingerprint density at radius 1 is 1.26 bits per heavy atom. The lowest BCUT2D eigenvalue weighted by Crippen LogP contribution is -2.44.